The van der Waals surface area contributed by atoms with E-state index in [4.69, 9.17) is 10.5 Å². The van der Waals surface area contributed by atoms with Gasteiger partial charge in [-0.05, 0) is 18.2 Å². The molecule has 7 heteroatoms. The third-order valence-corrected chi connectivity index (χ3v) is 2.07. The zero-order valence-corrected chi connectivity index (χ0v) is 8.98. The van der Waals surface area contributed by atoms with Crippen molar-refractivity contribution in [3.05, 3.63) is 42.0 Å². The minimum Gasteiger partial charge on any atom is -0.437 e. The molecule has 0 saturated heterocycles. The van der Waals surface area contributed by atoms with Gasteiger partial charge < -0.3 is 10.5 Å². The summed E-state index contributed by atoms with van der Waals surface area (Å²) in [6.45, 7) is 0. The summed E-state index contributed by atoms with van der Waals surface area (Å²) in [7, 11) is 0. The Kier molecular flexibility index (Phi) is 3.05. The van der Waals surface area contributed by atoms with Crippen LogP contribution in [0.4, 0.5) is 19.0 Å². The van der Waals surface area contributed by atoms with E-state index in [-0.39, 0.29) is 17.4 Å². The number of benzene rings is 1. The Balaban J connectivity index is 2.32. The van der Waals surface area contributed by atoms with Crippen molar-refractivity contribution in [2.75, 3.05) is 5.73 Å². The summed E-state index contributed by atoms with van der Waals surface area (Å²) in [5.41, 5.74) is 4.44. The van der Waals surface area contributed by atoms with Crippen LogP contribution in [-0.4, -0.2) is 10.2 Å². The second kappa shape index (κ2) is 4.52. The highest BCUT2D eigenvalue weighted by Gasteiger charge is 2.34. The van der Waals surface area contributed by atoms with E-state index in [0.717, 1.165) is 6.07 Å². The average Bonchev–Trinajstić information content (AvgIpc) is 2.31. The second-order valence-electron chi connectivity index (χ2n) is 3.39. The third kappa shape index (κ3) is 2.68. The highest BCUT2D eigenvalue weighted by Crippen LogP contribution is 2.37. The molecule has 18 heavy (non-hydrogen) atoms. The molecule has 2 rings (SSSR count). The fraction of sp³-hybridized carbons (Fsp3) is 0.0909. The molecule has 0 spiro atoms. The van der Waals surface area contributed by atoms with Crippen LogP contribution in [-0.2, 0) is 6.18 Å². The van der Waals surface area contributed by atoms with Crippen LogP contribution < -0.4 is 10.5 Å². The lowest BCUT2D eigenvalue weighted by Crippen LogP contribution is -2.07. The number of para-hydroxylation sites is 1. The first-order valence-corrected chi connectivity index (χ1v) is 4.90. The lowest BCUT2D eigenvalue weighted by atomic mass is 10.2. The molecule has 0 bridgehead atoms. The predicted octanol–water partition coefficient (Wildman–Crippen LogP) is 2.87. The molecule has 2 N–H and O–H groups in total. The summed E-state index contributed by atoms with van der Waals surface area (Å²) < 4.78 is 43.1. The van der Waals surface area contributed by atoms with Crippen LogP contribution >= 0.6 is 0 Å². The van der Waals surface area contributed by atoms with Crippen molar-refractivity contribution in [2.24, 2.45) is 0 Å². The molecule has 0 saturated carbocycles. The van der Waals surface area contributed by atoms with Gasteiger partial charge in [-0.25, -0.2) is 0 Å². The quantitative estimate of drug-likeness (QED) is 0.896. The molecule has 0 amide bonds. The summed E-state index contributed by atoms with van der Waals surface area (Å²) in [4.78, 5) is 0. The number of nitrogens with zero attached hydrogens (tertiary/aromatic N) is 2. The largest absolute Gasteiger partial charge is 0.437 e. The van der Waals surface area contributed by atoms with Gasteiger partial charge in [-0.15, -0.1) is 10.2 Å². The third-order valence-electron chi connectivity index (χ3n) is 2.07. The summed E-state index contributed by atoms with van der Waals surface area (Å²) in [6.07, 6.45) is -4.49. The summed E-state index contributed by atoms with van der Waals surface area (Å²) >= 11 is 0. The van der Waals surface area contributed by atoms with Crippen molar-refractivity contribution < 1.29 is 17.9 Å². The van der Waals surface area contributed by atoms with E-state index < -0.39 is 11.7 Å². The number of halogens is 3. The van der Waals surface area contributed by atoms with Crippen molar-refractivity contribution in [1.82, 2.24) is 10.2 Å². The van der Waals surface area contributed by atoms with E-state index in [1.165, 1.54) is 30.3 Å². The van der Waals surface area contributed by atoms with Gasteiger partial charge in [-0.1, -0.05) is 12.1 Å². The number of ether oxygens (including phenoxy) is 1. The lowest BCUT2D eigenvalue weighted by Gasteiger charge is -2.12. The highest BCUT2D eigenvalue weighted by atomic mass is 19.4. The molecule has 1 aromatic carbocycles. The Morgan fingerprint density at radius 2 is 1.72 bits per heavy atom. The van der Waals surface area contributed by atoms with Crippen molar-refractivity contribution in [1.29, 1.82) is 0 Å². The Morgan fingerprint density at radius 1 is 1.00 bits per heavy atom. The van der Waals surface area contributed by atoms with E-state index in [9.17, 15) is 13.2 Å². The smallest absolute Gasteiger partial charge is 0.419 e. The van der Waals surface area contributed by atoms with Crippen LogP contribution in [0, 0.1) is 0 Å². The van der Waals surface area contributed by atoms with Gasteiger partial charge in [0.15, 0.2) is 0 Å². The molecule has 0 aliphatic heterocycles. The average molecular weight is 255 g/mol. The topological polar surface area (TPSA) is 61.0 Å². The summed E-state index contributed by atoms with van der Waals surface area (Å²) in [5.74, 6) is -0.226. The highest BCUT2D eigenvalue weighted by molar-refractivity contribution is 5.38. The minimum atomic E-state index is -4.49. The van der Waals surface area contributed by atoms with Gasteiger partial charge in [0.1, 0.15) is 11.6 Å². The molecule has 0 aliphatic carbocycles. The van der Waals surface area contributed by atoms with Crippen LogP contribution in [0.25, 0.3) is 0 Å². The first kappa shape index (κ1) is 12.2. The van der Waals surface area contributed by atoms with Crippen LogP contribution in [0.5, 0.6) is 11.6 Å². The predicted molar refractivity (Wildman–Crippen MR) is 58.0 cm³/mol. The van der Waals surface area contributed by atoms with Crippen molar-refractivity contribution in [3.8, 4) is 11.6 Å². The molecule has 0 fully saturated rings. The zero-order chi connectivity index (χ0) is 13.2. The molecule has 94 valence electrons. The molecule has 1 aromatic heterocycles. The SMILES string of the molecule is Nc1ccc(Oc2ccccc2C(F)(F)F)nn1. The van der Waals surface area contributed by atoms with Crippen LogP contribution in [0.1, 0.15) is 5.56 Å². The van der Waals surface area contributed by atoms with E-state index in [2.05, 4.69) is 10.2 Å². The standard InChI is InChI=1S/C11H8F3N3O/c12-11(13,14)7-3-1-2-4-8(7)18-10-6-5-9(15)16-17-10/h1-6H,(H2,15,16). The molecule has 1 heterocycles. The van der Waals surface area contributed by atoms with Gasteiger partial charge in [-0.2, -0.15) is 13.2 Å². The maximum absolute atomic E-state index is 12.7. The number of nitrogens with two attached hydrogens (primary N) is 1. The fourth-order valence-corrected chi connectivity index (χ4v) is 1.29. The number of anilines is 1. The number of alkyl halides is 3. The van der Waals surface area contributed by atoms with Crippen LogP contribution in [0.2, 0.25) is 0 Å². The fourth-order valence-electron chi connectivity index (χ4n) is 1.29. The zero-order valence-electron chi connectivity index (χ0n) is 8.98. The minimum absolute atomic E-state index is 0.0547. The van der Waals surface area contributed by atoms with Crippen molar-refractivity contribution >= 4 is 5.82 Å². The summed E-state index contributed by atoms with van der Waals surface area (Å²) in [6, 6.07) is 7.59. The maximum atomic E-state index is 12.7. The van der Waals surface area contributed by atoms with E-state index in [1.807, 2.05) is 0 Å². The number of aromatic nitrogens is 2. The molecular weight excluding hydrogens is 247 g/mol. The van der Waals surface area contributed by atoms with Gasteiger partial charge in [0, 0.05) is 6.07 Å². The monoisotopic (exact) mass is 255 g/mol. The normalized spacial score (nSPS) is 11.3. The van der Waals surface area contributed by atoms with E-state index in [0.29, 0.717) is 0 Å². The van der Waals surface area contributed by atoms with Gasteiger partial charge in [0.25, 0.3) is 0 Å². The van der Waals surface area contributed by atoms with Crippen molar-refractivity contribution in [3.63, 3.8) is 0 Å². The van der Waals surface area contributed by atoms with E-state index >= 15 is 0 Å². The van der Waals surface area contributed by atoms with Crippen molar-refractivity contribution in [2.45, 2.75) is 6.18 Å². The molecule has 0 radical (unpaired) electrons. The Morgan fingerprint density at radius 3 is 2.33 bits per heavy atom. The maximum Gasteiger partial charge on any atom is 0.419 e. The van der Waals surface area contributed by atoms with Gasteiger partial charge >= 0.3 is 6.18 Å². The Hall–Kier alpha value is -2.31. The first-order valence-electron chi connectivity index (χ1n) is 4.90. The Bertz CT molecular complexity index is 540. The van der Waals surface area contributed by atoms with Gasteiger partial charge in [0.05, 0.1) is 5.56 Å². The van der Waals surface area contributed by atoms with Gasteiger partial charge in [0.2, 0.25) is 5.88 Å². The number of rotatable bonds is 2. The number of nitrogen functional groups attached to an aromatic ring is 1. The van der Waals surface area contributed by atoms with Crippen LogP contribution in [0.15, 0.2) is 36.4 Å². The molecule has 2 aromatic rings. The lowest BCUT2D eigenvalue weighted by molar-refractivity contribution is -0.138. The Labute approximate surface area is 100 Å². The summed E-state index contributed by atoms with van der Waals surface area (Å²) in [5, 5.41) is 7.02. The van der Waals surface area contributed by atoms with Gasteiger partial charge in [-0.3, -0.25) is 0 Å². The molecule has 4 nitrogen and oxygen atoms in total. The number of hydrogen-bond acceptors (Lipinski definition) is 4. The van der Waals surface area contributed by atoms with Crippen LogP contribution in [0.3, 0.4) is 0 Å². The number of hydrogen-bond donors (Lipinski definition) is 1. The van der Waals surface area contributed by atoms with E-state index in [1.54, 1.807) is 0 Å². The molecule has 0 atom stereocenters. The molecule has 0 unspecified atom stereocenters. The molecule has 0 aliphatic rings. The second-order valence-corrected chi connectivity index (χ2v) is 3.39. The molecular formula is C11H8F3N3O. The first-order chi connectivity index (χ1) is 8.47.